The predicted molar refractivity (Wildman–Crippen MR) is 118 cm³/mol. The Labute approximate surface area is 177 Å². The first-order chi connectivity index (χ1) is 13.4. The molecular formula is C21H26ClN3O3S. The average Bonchev–Trinajstić information content (AvgIpc) is 3.54. The van der Waals surface area contributed by atoms with Gasteiger partial charge in [-0.15, -0.1) is 12.4 Å². The van der Waals surface area contributed by atoms with E-state index in [2.05, 4.69) is 27.5 Å². The van der Waals surface area contributed by atoms with Crippen LogP contribution in [0.2, 0.25) is 0 Å². The van der Waals surface area contributed by atoms with Crippen LogP contribution in [0.4, 0.5) is 11.4 Å². The summed E-state index contributed by atoms with van der Waals surface area (Å²) in [5.41, 5.74) is 2.78. The lowest BCUT2D eigenvalue weighted by Gasteiger charge is -2.09. The molecule has 2 aromatic carbocycles. The minimum Gasteiger partial charge on any atom is -0.322 e. The lowest BCUT2D eigenvalue weighted by atomic mass is 10.1. The van der Waals surface area contributed by atoms with Gasteiger partial charge in [-0.1, -0.05) is 18.2 Å². The second kappa shape index (κ2) is 8.73. The first-order valence-corrected chi connectivity index (χ1v) is 11.5. The van der Waals surface area contributed by atoms with Gasteiger partial charge in [-0.05, 0) is 67.6 Å². The molecule has 2 unspecified atom stereocenters. The van der Waals surface area contributed by atoms with Crippen molar-refractivity contribution in [1.29, 1.82) is 0 Å². The molecule has 0 spiro atoms. The van der Waals surface area contributed by atoms with E-state index in [1.807, 2.05) is 12.1 Å². The molecule has 0 heterocycles. The molecule has 1 amide bonds. The second-order valence-corrected chi connectivity index (χ2v) is 9.58. The summed E-state index contributed by atoms with van der Waals surface area (Å²) in [6.45, 7) is 1.14. The van der Waals surface area contributed by atoms with Crippen molar-refractivity contribution in [3.05, 3.63) is 59.7 Å². The minimum atomic E-state index is -3.38. The van der Waals surface area contributed by atoms with Gasteiger partial charge >= 0.3 is 0 Å². The summed E-state index contributed by atoms with van der Waals surface area (Å²) in [5, 5.41) is 6.50. The Morgan fingerprint density at radius 1 is 1.07 bits per heavy atom. The fraction of sp³-hybridized carbons (Fsp3) is 0.381. The molecule has 2 saturated carbocycles. The number of sulfonamides is 1. The number of rotatable bonds is 8. The molecule has 2 aliphatic rings. The highest BCUT2D eigenvalue weighted by Gasteiger charge is 2.38. The number of amides is 1. The van der Waals surface area contributed by atoms with Crippen LogP contribution in [0.3, 0.4) is 0 Å². The van der Waals surface area contributed by atoms with Crippen molar-refractivity contribution in [2.45, 2.75) is 31.2 Å². The van der Waals surface area contributed by atoms with E-state index in [9.17, 15) is 13.2 Å². The molecule has 2 aliphatic carbocycles. The van der Waals surface area contributed by atoms with Crippen LogP contribution in [-0.2, 0) is 10.0 Å². The number of anilines is 2. The van der Waals surface area contributed by atoms with Crippen LogP contribution in [0.15, 0.2) is 48.5 Å². The molecule has 4 rings (SSSR count). The Morgan fingerprint density at radius 2 is 1.79 bits per heavy atom. The fourth-order valence-corrected chi connectivity index (χ4v) is 3.94. The summed E-state index contributed by atoms with van der Waals surface area (Å²) in [5.74, 6) is 1.19. The van der Waals surface area contributed by atoms with Gasteiger partial charge in [-0.3, -0.25) is 9.52 Å². The van der Waals surface area contributed by atoms with Gasteiger partial charge in [0.1, 0.15) is 0 Å². The first kappa shape index (κ1) is 21.6. The molecule has 156 valence electrons. The zero-order valence-corrected chi connectivity index (χ0v) is 17.9. The van der Waals surface area contributed by atoms with Crippen molar-refractivity contribution in [2.75, 3.05) is 22.8 Å². The van der Waals surface area contributed by atoms with Crippen molar-refractivity contribution < 1.29 is 13.2 Å². The van der Waals surface area contributed by atoms with E-state index in [0.29, 0.717) is 23.2 Å². The first-order valence-electron chi connectivity index (χ1n) is 9.60. The maximum Gasteiger partial charge on any atom is 0.255 e. The Balaban J connectivity index is 0.00000240. The summed E-state index contributed by atoms with van der Waals surface area (Å²) < 4.78 is 25.1. The molecule has 3 N–H and O–H groups in total. The normalized spacial score (nSPS) is 20.4. The molecule has 2 fully saturated rings. The van der Waals surface area contributed by atoms with Gasteiger partial charge < -0.3 is 10.6 Å². The summed E-state index contributed by atoms with van der Waals surface area (Å²) >= 11 is 0. The molecular weight excluding hydrogens is 410 g/mol. The number of nitrogens with one attached hydrogen (secondary N) is 3. The van der Waals surface area contributed by atoms with Crippen molar-refractivity contribution in [2.24, 2.45) is 5.92 Å². The van der Waals surface area contributed by atoms with Gasteiger partial charge in [0.15, 0.2) is 0 Å². The molecule has 0 radical (unpaired) electrons. The highest BCUT2D eigenvalue weighted by molar-refractivity contribution is 7.92. The van der Waals surface area contributed by atoms with Gasteiger partial charge in [0, 0.05) is 28.9 Å². The number of hydrogen-bond acceptors (Lipinski definition) is 4. The quantitative estimate of drug-likeness (QED) is 0.591. The zero-order valence-electron chi connectivity index (χ0n) is 16.2. The van der Waals surface area contributed by atoms with E-state index in [0.717, 1.165) is 24.4 Å². The molecule has 6 nitrogen and oxygen atoms in total. The summed E-state index contributed by atoms with van der Waals surface area (Å²) in [6.07, 6.45) is 4.99. The van der Waals surface area contributed by atoms with E-state index < -0.39 is 10.0 Å². The monoisotopic (exact) mass is 435 g/mol. The number of carbonyl (C=O) groups excluding carboxylic acids is 1. The van der Waals surface area contributed by atoms with E-state index >= 15 is 0 Å². The van der Waals surface area contributed by atoms with Crippen LogP contribution >= 0.6 is 12.4 Å². The highest BCUT2D eigenvalue weighted by Crippen LogP contribution is 2.41. The maximum atomic E-state index is 12.5. The lowest BCUT2D eigenvalue weighted by molar-refractivity contribution is 0.102. The van der Waals surface area contributed by atoms with Crippen LogP contribution in [0.5, 0.6) is 0 Å². The van der Waals surface area contributed by atoms with Gasteiger partial charge in [0.05, 0.1) is 6.26 Å². The molecule has 29 heavy (non-hydrogen) atoms. The van der Waals surface area contributed by atoms with Gasteiger partial charge in [0.2, 0.25) is 10.0 Å². The van der Waals surface area contributed by atoms with Crippen LogP contribution in [0.25, 0.3) is 0 Å². The van der Waals surface area contributed by atoms with Crippen molar-refractivity contribution in [3.63, 3.8) is 0 Å². The van der Waals surface area contributed by atoms with E-state index in [4.69, 9.17) is 0 Å². The maximum absolute atomic E-state index is 12.5. The number of carbonyl (C=O) groups is 1. The Kier molecular flexibility index (Phi) is 6.51. The SMILES string of the molecule is CS(=O)(=O)Nc1cccc(C(=O)Nc2ccc(C3CC3NCC3CC3)cc2)c1.Cl. The molecule has 0 bridgehead atoms. The van der Waals surface area contributed by atoms with E-state index in [1.54, 1.807) is 18.2 Å². The smallest absolute Gasteiger partial charge is 0.255 e. The zero-order chi connectivity index (χ0) is 19.7. The second-order valence-electron chi connectivity index (χ2n) is 7.83. The highest BCUT2D eigenvalue weighted by atomic mass is 35.5. The van der Waals surface area contributed by atoms with E-state index in [-0.39, 0.29) is 18.3 Å². The molecule has 0 aromatic heterocycles. The third-order valence-corrected chi connectivity index (χ3v) is 5.79. The van der Waals surface area contributed by atoms with Crippen molar-refractivity contribution in [3.8, 4) is 0 Å². The van der Waals surface area contributed by atoms with Crippen LogP contribution < -0.4 is 15.4 Å². The fourth-order valence-electron chi connectivity index (χ4n) is 3.38. The number of benzene rings is 2. The van der Waals surface area contributed by atoms with Crippen molar-refractivity contribution in [1.82, 2.24) is 5.32 Å². The summed E-state index contributed by atoms with van der Waals surface area (Å²) in [6, 6.07) is 15.0. The topological polar surface area (TPSA) is 87.3 Å². The summed E-state index contributed by atoms with van der Waals surface area (Å²) in [4.78, 5) is 12.5. The third kappa shape index (κ3) is 6.19. The molecule has 2 aromatic rings. The Hall–Kier alpha value is -2.09. The number of halogens is 1. The Bertz CT molecular complexity index is 975. The average molecular weight is 436 g/mol. The molecule has 0 saturated heterocycles. The van der Waals surface area contributed by atoms with Crippen LogP contribution in [0, 0.1) is 5.92 Å². The molecule has 8 heteroatoms. The minimum absolute atomic E-state index is 0. The van der Waals surface area contributed by atoms with Gasteiger partial charge in [0.25, 0.3) is 5.91 Å². The van der Waals surface area contributed by atoms with Crippen LogP contribution in [-0.4, -0.2) is 33.2 Å². The van der Waals surface area contributed by atoms with Crippen LogP contribution in [0.1, 0.15) is 41.1 Å². The standard InChI is InChI=1S/C21H25N3O3S.ClH/c1-28(26,27)24-18-4-2-3-16(11-18)21(25)23-17-9-7-15(8-10-17)19-12-20(19)22-13-14-5-6-14;/h2-4,7-11,14,19-20,22,24H,5-6,12-13H2,1H3,(H,23,25);1H. The lowest BCUT2D eigenvalue weighted by Crippen LogP contribution is -2.20. The predicted octanol–water partition coefficient (Wildman–Crippen LogP) is 3.59. The number of hydrogen-bond donors (Lipinski definition) is 3. The third-order valence-electron chi connectivity index (χ3n) is 5.18. The van der Waals surface area contributed by atoms with Crippen molar-refractivity contribution >= 4 is 39.7 Å². The van der Waals surface area contributed by atoms with E-state index in [1.165, 1.54) is 30.9 Å². The largest absolute Gasteiger partial charge is 0.322 e. The van der Waals surface area contributed by atoms with Gasteiger partial charge in [-0.2, -0.15) is 0 Å². The molecule has 2 atom stereocenters. The Morgan fingerprint density at radius 3 is 2.45 bits per heavy atom. The van der Waals surface area contributed by atoms with Gasteiger partial charge in [-0.25, -0.2) is 8.42 Å². The molecule has 0 aliphatic heterocycles. The summed E-state index contributed by atoms with van der Waals surface area (Å²) in [7, 11) is -3.38.